The minimum absolute atomic E-state index is 0.0718. The number of hydrogen-bond donors (Lipinski definition) is 1. The van der Waals surface area contributed by atoms with E-state index in [0.29, 0.717) is 25.9 Å². The van der Waals surface area contributed by atoms with E-state index in [1.54, 1.807) is 12.1 Å². The standard InChI is InChI=1S/C26H34FN3O2/c1-2-3-4-5-6-7-25(31)28-23-12-14-24(15-13-23)29-16-18-30(19-17-29)26(32)20-21-8-10-22(27)11-9-21/h8-15H,2-7,16-20H2,1H3,(H,28,31). The molecule has 2 amide bonds. The van der Waals surface area contributed by atoms with Gasteiger partial charge in [0.1, 0.15) is 5.82 Å². The van der Waals surface area contributed by atoms with Crippen LogP contribution in [0.25, 0.3) is 0 Å². The average Bonchev–Trinajstić information content (AvgIpc) is 2.81. The summed E-state index contributed by atoms with van der Waals surface area (Å²) < 4.78 is 13.0. The Labute approximate surface area is 190 Å². The highest BCUT2D eigenvalue weighted by Crippen LogP contribution is 2.20. The van der Waals surface area contributed by atoms with Crippen molar-refractivity contribution < 1.29 is 14.0 Å². The van der Waals surface area contributed by atoms with Crippen molar-refractivity contribution in [3.63, 3.8) is 0 Å². The van der Waals surface area contributed by atoms with Gasteiger partial charge in [-0.15, -0.1) is 0 Å². The molecule has 1 saturated heterocycles. The number of anilines is 2. The topological polar surface area (TPSA) is 52.7 Å². The number of carbonyl (C=O) groups excluding carboxylic acids is 2. The first kappa shape index (κ1) is 23.8. The second kappa shape index (κ2) is 12.2. The van der Waals surface area contributed by atoms with Crippen molar-refractivity contribution in [3.05, 3.63) is 59.9 Å². The zero-order valence-electron chi connectivity index (χ0n) is 19.0. The molecular formula is C26H34FN3O2. The highest BCUT2D eigenvalue weighted by molar-refractivity contribution is 5.90. The summed E-state index contributed by atoms with van der Waals surface area (Å²) in [6.07, 6.45) is 6.56. The predicted molar refractivity (Wildman–Crippen MR) is 127 cm³/mol. The molecule has 0 aromatic heterocycles. The van der Waals surface area contributed by atoms with E-state index in [-0.39, 0.29) is 17.6 Å². The molecule has 2 aromatic rings. The second-order valence-electron chi connectivity index (χ2n) is 8.43. The summed E-state index contributed by atoms with van der Waals surface area (Å²) in [5.74, 6) is -0.144. The molecule has 0 radical (unpaired) electrons. The van der Waals surface area contributed by atoms with Gasteiger partial charge in [-0.3, -0.25) is 9.59 Å². The Bertz CT molecular complexity index is 860. The third-order valence-electron chi connectivity index (χ3n) is 5.92. The molecule has 1 heterocycles. The highest BCUT2D eigenvalue weighted by atomic mass is 19.1. The number of carbonyl (C=O) groups is 2. The van der Waals surface area contributed by atoms with Gasteiger partial charge in [0, 0.05) is 44.0 Å². The van der Waals surface area contributed by atoms with Crippen LogP contribution in [0.3, 0.4) is 0 Å². The normalized spacial score (nSPS) is 13.8. The van der Waals surface area contributed by atoms with Gasteiger partial charge in [-0.25, -0.2) is 4.39 Å². The first-order valence-electron chi connectivity index (χ1n) is 11.7. The molecule has 0 aliphatic carbocycles. The monoisotopic (exact) mass is 439 g/mol. The molecule has 3 rings (SSSR count). The Morgan fingerprint density at radius 2 is 1.53 bits per heavy atom. The number of rotatable bonds is 10. The van der Waals surface area contributed by atoms with Gasteiger partial charge < -0.3 is 15.1 Å². The van der Waals surface area contributed by atoms with Crippen molar-refractivity contribution in [1.82, 2.24) is 4.90 Å². The summed E-state index contributed by atoms with van der Waals surface area (Å²) in [6, 6.07) is 14.0. The first-order valence-corrected chi connectivity index (χ1v) is 11.7. The Kier molecular flexibility index (Phi) is 9.08. The van der Waals surface area contributed by atoms with Crippen molar-refractivity contribution in [2.45, 2.75) is 51.9 Å². The summed E-state index contributed by atoms with van der Waals surface area (Å²) in [5, 5.41) is 2.98. The van der Waals surface area contributed by atoms with Gasteiger partial charge in [0.15, 0.2) is 0 Å². The first-order chi connectivity index (χ1) is 15.5. The minimum Gasteiger partial charge on any atom is -0.368 e. The summed E-state index contributed by atoms with van der Waals surface area (Å²) in [6.45, 7) is 5.04. The molecule has 0 spiro atoms. The van der Waals surface area contributed by atoms with E-state index in [9.17, 15) is 14.0 Å². The van der Waals surface area contributed by atoms with E-state index in [1.807, 2.05) is 29.2 Å². The zero-order chi connectivity index (χ0) is 22.8. The number of nitrogens with one attached hydrogen (secondary N) is 1. The Hall–Kier alpha value is -2.89. The zero-order valence-corrected chi connectivity index (χ0v) is 19.0. The van der Waals surface area contributed by atoms with Crippen molar-refractivity contribution in [2.75, 3.05) is 36.4 Å². The van der Waals surface area contributed by atoms with E-state index >= 15 is 0 Å². The lowest BCUT2D eigenvalue weighted by molar-refractivity contribution is -0.130. The van der Waals surface area contributed by atoms with Crippen LogP contribution in [0.1, 0.15) is 51.0 Å². The van der Waals surface area contributed by atoms with Crippen LogP contribution in [0.4, 0.5) is 15.8 Å². The maximum atomic E-state index is 13.0. The number of piperazine rings is 1. The molecule has 0 atom stereocenters. The van der Waals surface area contributed by atoms with Crippen LogP contribution >= 0.6 is 0 Å². The number of hydrogen-bond acceptors (Lipinski definition) is 3. The molecule has 6 heteroatoms. The third kappa shape index (κ3) is 7.36. The van der Waals surface area contributed by atoms with Gasteiger partial charge >= 0.3 is 0 Å². The SMILES string of the molecule is CCCCCCCC(=O)Nc1ccc(N2CCN(C(=O)Cc3ccc(F)cc3)CC2)cc1. The fraction of sp³-hybridized carbons (Fsp3) is 0.462. The van der Waals surface area contributed by atoms with Crippen molar-refractivity contribution >= 4 is 23.2 Å². The summed E-state index contributed by atoms with van der Waals surface area (Å²) in [5.41, 5.74) is 2.74. The lowest BCUT2D eigenvalue weighted by Gasteiger charge is -2.36. The fourth-order valence-corrected chi connectivity index (χ4v) is 3.97. The average molecular weight is 440 g/mol. The fourth-order valence-electron chi connectivity index (χ4n) is 3.97. The largest absolute Gasteiger partial charge is 0.368 e. The Morgan fingerprint density at radius 3 is 2.19 bits per heavy atom. The molecule has 1 aliphatic rings. The summed E-state index contributed by atoms with van der Waals surface area (Å²) >= 11 is 0. The van der Waals surface area contributed by atoms with E-state index in [0.717, 1.165) is 42.9 Å². The quantitative estimate of drug-likeness (QED) is 0.529. The summed E-state index contributed by atoms with van der Waals surface area (Å²) in [4.78, 5) is 28.8. The molecule has 1 aliphatic heterocycles. The molecule has 1 fully saturated rings. The second-order valence-corrected chi connectivity index (χ2v) is 8.43. The van der Waals surface area contributed by atoms with Crippen molar-refractivity contribution in [1.29, 1.82) is 0 Å². The molecule has 0 unspecified atom stereocenters. The molecular weight excluding hydrogens is 405 g/mol. The van der Waals surface area contributed by atoms with Crippen molar-refractivity contribution in [3.8, 4) is 0 Å². The molecule has 0 saturated carbocycles. The van der Waals surface area contributed by atoms with E-state index < -0.39 is 0 Å². The highest BCUT2D eigenvalue weighted by Gasteiger charge is 2.21. The molecule has 32 heavy (non-hydrogen) atoms. The lowest BCUT2D eigenvalue weighted by Crippen LogP contribution is -2.49. The van der Waals surface area contributed by atoms with Gasteiger partial charge in [0.25, 0.3) is 0 Å². The predicted octanol–water partition coefficient (Wildman–Crippen LogP) is 5.02. The molecule has 1 N–H and O–H groups in total. The Morgan fingerprint density at radius 1 is 0.875 bits per heavy atom. The van der Waals surface area contributed by atoms with E-state index in [2.05, 4.69) is 17.1 Å². The summed E-state index contributed by atoms with van der Waals surface area (Å²) in [7, 11) is 0. The number of unbranched alkanes of at least 4 members (excludes halogenated alkanes) is 4. The third-order valence-corrected chi connectivity index (χ3v) is 5.92. The number of benzene rings is 2. The Balaban J connectivity index is 1.41. The van der Waals surface area contributed by atoms with Gasteiger partial charge in [0.2, 0.25) is 11.8 Å². The number of halogens is 1. The molecule has 2 aromatic carbocycles. The van der Waals surface area contributed by atoms with E-state index in [4.69, 9.17) is 0 Å². The van der Waals surface area contributed by atoms with Crippen LogP contribution in [0, 0.1) is 5.82 Å². The van der Waals surface area contributed by atoms with Crippen LogP contribution < -0.4 is 10.2 Å². The van der Waals surface area contributed by atoms with Crippen LogP contribution in [-0.4, -0.2) is 42.9 Å². The smallest absolute Gasteiger partial charge is 0.227 e. The van der Waals surface area contributed by atoms with Gasteiger partial charge in [0.05, 0.1) is 6.42 Å². The van der Waals surface area contributed by atoms with Crippen LogP contribution in [-0.2, 0) is 16.0 Å². The number of nitrogens with zero attached hydrogens (tertiary/aromatic N) is 2. The van der Waals surface area contributed by atoms with Crippen LogP contribution in [0.15, 0.2) is 48.5 Å². The van der Waals surface area contributed by atoms with Gasteiger partial charge in [-0.2, -0.15) is 0 Å². The van der Waals surface area contributed by atoms with Gasteiger partial charge in [-0.1, -0.05) is 44.7 Å². The molecule has 5 nitrogen and oxygen atoms in total. The molecule has 0 bridgehead atoms. The van der Waals surface area contributed by atoms with Crippen LogP contribution in [0.2, 0.25) is 0 Å². The lowest BCUT2D eigenvalue weighted by atomic mass is 10.1. The van der Waals surface area contributed by atoms with Crippen molar-refractivity contribution in [2.24, 2.45) is 0 Å². The van der Waals surface area contributed by atoms with Gasteiger partial charge in [-0.05, 0) is 48.4 Å². The maximum absolute atomic E-state index is 13.0. The number of amides is 2. The van der Waals surface area contributed by atoms with E-state index in [1.165, 1.54) is 31.4 Å². The molecule has 172 valence electrons. The van der Waals surface area contributed by atoms with Crippen LogP contribution in [0.5, 0.6) is 0 Å². The maximum Gasteiger partial charge on any atom is 0.227 e. The minimum atomic E-state index is -0.289.